The molecule has 0 aliphatic heterocycles. The predicted molar refractivity (Wildman–Crippen MR) is 96.2 cm³/mol. The van der Waals surface area contributed by atoms with E-state index in [9.17, 15) is 0 Å². The van der Waals surface area contributed by atoms with E-state index in [1.54, 1.807) is 6.20 Å². The van der Waals surface area contributed by atoms with E-state index in [4.69, 9.17) is 4.42 Å². The first-order chi connectivity index (χ1) is 11.7. The maximum atomic E-state index is 5.97. The fourth-order valence-electron chi connectivity index (χ4n) is 2.52. The molecule has 0 saturated heterocycles. The Morgan fingerprint density at radius 3 is 2.71 bits per heavy atom. The van der Waals surface area contributed by atoms with Gasteiger partial charge in [-0.25, -0.2) is 0 Å². The highest BCUT2D eigenvalue weighted by Gasteiger charge is 2.20. The summed E-state index contributed by atoms with van der Waals surface area (Å²) in [7, 11) is 2.00. The first-order valence-corrected chi connectivity index (χ1v) is 8.50. The van der Waals surface area contributed by atoms with E-state index in [0.717, 1.165) is 32.6 Å². The van der Waals surface area contributed by atoms with Crippen molar-refractivity contribution in [2.45, 2.75) is 13.0 Å². The molecule has 0 fully saturated rings. The smallest absolute Gasteiger partial charge is 0.209 e. The summed E-state index contributed by atoms with van der Waals surface area (Å²) in [6.07, 6.45) is 1.76. The van der Waals surface area contributed by atoms with Crippen molar-refractivity contribution in [3.8, 4) is 10.7 Å². The molecule has 0 spiro atoms. The highest BCUT2D eigenvalue weighted by atomic mass is 32.1. The van der Waals surface area contributed by atoms with Gasteiger partial charge in [0.1, 0.15) is 17.0 Å². The molecular weight excluding hydrogens is 320 g/mol. The molecule has 0 aliphatic rings. The van der Waals surface area contributed by atoms with Crippen LogP contribution in [-0.4, -0.2) is 22.2 Å². The van der Waals surface area contributed by atoms with E-state index >= 15 is 0 Å². The fourth-order valence-corrected chi connectivity index (χ4v) is 3.38. The standard InChI is InChI=1S/C18H16N4OS/c1-12(16-11-13-7-3-4-9-15(13)23-16)22(2)18-21-20-17(24-18)14-8-5-6-10-19-14/h3-12H,1-2H3. The lowest BCUT2D eigenvalue weighted by molar-refractivity contribution is 0.501. The summed E-state index contributed by atoms with van der Waals surface area (Å²) in [5.74, 6) is 0.910. The minimum Gasteiger partial charge on any atom is -0.459 e. The van der Waals surface area contributed by atoms with Crippen molar-refractivity contribution < 1.29 is 4.42 Å². The molecule has 0 N–H and O–H groups in total. The Morgan fingerprint density at radius 1 is 1.08 bits per heavy atom. The molecule has 120 valence electrons. The van der Waals surface area contributed by atoms with E-state index in [0.29, 0.717) is 0 Å². The third-order valence-corrected chi connectivity index (χ3v) is 5.07. The number of rotatable bonds is 4. The van der Waals surface area contributed by atoms with Crippen molar-refractivity contribution in [2.24, 2.45) is 0 Å². The molecule has 6 heteroatoms. The Morgan fingerprint density at radius 2 is 1.92 bits per heavy atom. The number of fused-ring (bicyclic) bond motifs is 1. The normalized spacial score (nSPS) is 12.4. The van der Waals surface area contributed by atoms with Gasteiger partial charge >= 0.3 is 0 Å². The Labute approximate surface area is 143 Å². The molecule has 0 radical (unpaired) electrons. The summed E-state index contributed by atoms with van der Waals surface area (Å²) in [4.78, 5) is 6.40. The zero-order valence-corrected chi connectivity index (χ0v) is 14.2. The first-order valence-electron chi connectivity index (χ1n) is 7.68. The Balaban J connectivity index is 1.61. The molecule has 3 aromatic heterocycles. The van der Waals surface area contributed by atoms with Crippen LogP contribution in [0.4, 0.5) is 5.13 Å². The van der Waals surface area contributed by atoms with Gasteiger partial charge in [-0.05, 0) is 31.2 Å². The second-order valence-electron chi connectivity index (χ2n) is 5.58. The van der Waals surface area contributed by atoms with Gasteiger partial charge in [0.2, 0.25) is 5.13 Å². The average molecular weight is 336 g/mol. The van der Waals surface area contributed by atoms with Gasteiger partial charge in [0.25, 0.3) is 0 Å². The zero-order chi connectivity index (χ0) is 16.5. The van der Waals surface area contributed by atoms with Crippen LogP contribution in [0.3, 0.4) is 0 Å². The maximum absolute atomic E-state index is 5.97. The molecule has 1 atom stereocenters. The fraction of sp³-hybridized carbons (Fsp3) is 0.167. The van der Waals surface area contributed by atoms with E-state index in [1.165, 1.54) is 11.3 Å². The molecule has 1 aromatic carbocycles. The second-order valence-corrected chi connectivity index (χ2v) is 6.53. The van der Waals surface area contributed by atoms with Gasteiger partial charge in [-0.15, -0.1) is 10.2 Å². The number of para-hydroxylation sites is 1. The third kappa shape index (κ3) is 2.65. The maximum Gasteiger partial charge on any atom is 0.209 e. The van der Waals surface area contributed by atoms with E-state index in [1.807, 2.05) is 43.4 Å². The third-order valence-electron chi connectivity index (χ3n) is 4.04. The number of hydrogen-bond donors (Lipinski definition) is 0. The topological polar surface area (TPSA) is 55.1 Å². The predicted octanol–water partition coefficient (Wildman–Crippen LogP) is 4.54. The van der Waals surface area contributed by atoms with Crippen molar-refractivity contribution in [1.29, 1.82) is 0 Å². The molecular formula is C18H16N4OS. The van der Waals surface area contributed by atoms with Gasteiger partial charge in [-0.2, -0.15) is 0 Å². The van der Waals surface area contributed by atoms with Crippen molar-refractivity contribution in [3.63, 3.8) is 0 Å². The molecule has 0 saturated carbocycles. The number of nitrogens with zero attached hydrogens (tertiary/aromatic N) is 4. The van der Waals surface area contributed by atoms with E-state index < -0.39 is 0 Å². The Bertz CT molecular complexity index is 930. The minimum absolute atomic E-state index is 0.0573. The molecule has 4 rings (SSSR count). The molecule has 24 heavy (non-hydrogen) atoms. The van der Waals surface area contributed by atoms with Crippen LogP contribution in [0.1, 0.15) is 18.7 Å². The molecule has 3 heterocycles. The SMILES string of the molecule is CC(c1cc2ccccc2o1)N(C)c1nnc(-c2ccccn2)s1. The lowest BCUT2D eigenvalue weighted by Crippen LogP contribution is -2.20. The van der Waals surface area contributed by atoms with Gasteiger partial charge in [-0.1, -0.05) is 35.6 Å². The lowest BCUT2D eigenvalue weighted by Gasteiger charge is -2.21. The second kappa shape index (κ2) is 6.05. The lowest BCUT2D eigenvalue weighted by atomic mass is 10.2. The number of hydrogen-bond acceptors (Lipinski definition) is 6. The molecule has 0 aliphatic carbocycles. The van der Waals surface area contributed by atoms with Gasteiger partial charge < -0.3 is 9.32 Å². The Hall–Kier alpha value is -2.73. The van der Waals surface area contributed by atoms with Gasteiger partial charge in [-0.3, -0.25) is 4.98 Å². The summed E-state index contributed by atoms with van der Waals surface area (Å²) in [5, 5.41) is 11.3. The molecule has 0 amide bonds. The van der Waals surface area contributed by atoms with Crippen LogP contribution in [0, 0.1) is 0 Å². The van der Waals surface area contributed by atoms with Crippen molar-refractivity contribution in [2.75, 3.05) is 11.9 Å². The van der Waals surface area contributed by atoms with Crippen LogP contribution < -0.4 is 4.90 Å². The van der Waals surface area contributed by atoms with Gasteiger partial charge in [0, 0.05) is 18.6 Å². The summed E-state index contributed by atoms with van der Waals surface area (Å²) < 4.78 is 5.97. The van der Waals surface area contributed by atoms with Crippen LogP contribution >= 0.6 is 11.3 Å². The molecule has 0 bridgehead atoms. The van der Waals surface area contributed by atoms with Gasteiger partial charge in [0.15, 0.2) is 5.01 Å². The van der Waals surface area contributed by atoms with Crippen LogP contribution in [0.2, 0.25) is 0 Å². The van der Waals surface area contributed by atoms with Crippen LogP contribution in [0.15, 0.2) is 59.1 Å². The molecule has 1 unspecified atom stereocenters. The molecule has 4 aromatic rings. The number of aromatic nitrogens is 3. The summed E-state index contributed by atoms with van der Waals surface area (Å²) >= 11 is 1.52. The number of pyridine rings is 1. The monoisotopic (exact) mass is 336 g/mol. The summed E-state index contributed by atoms with van der Waals surface area (Å²) in [6.45, 7) is 2.10. The van der Waals surface area contributed by atoms with Crippen molar-refractivity contribution >= 4 is 27.4 Å². The minimum atomic E-state index is 0.0573. The van der Waals surface area contributed by atoms with Crippen LogP contribution in [0.5, 0.6) is 0 Å². The number of furan rings is 1. The zero-order valence-electron chi connectivity index (χ0n) is 13.4. The van der Waals surface area contributed by atoms with E-state index in [-0.39, 0.29) is 6.04 Å². The summed E-state index contributed by atoms with van der Waals surface area (Å²) in [6, 6.07) is 15.9. The highest BCUT2D eigenvalue weighted by molar-refractivity contribution is 7.18. The van der Waals surface area contributed by atoms with Gasteiger partial charge in [0.05, 0.1) is 6.04 Å². The summed E-state index contributed by atoms with van der Waals surface area (Å²) in [5.41, 5.74) is 1.74. The first kappa shape index (κ1) is 14.8. The van der Waals surface area contributed by atoms with Crippen molar-refractivity contribution in [3.05, 3.63) is 60.5 Å². The average Bonchev–Trinajstić information content (AvgIpc) is 3.28. The Kier molecular flexibility index (Phi) is 3.74. The van der Waals surface area contributed by atoms with Crippen molar-refractivity contribution in [1.82, 2.24) is 15.2 Å². The van der Waals surface area contributed by atoms with E-state index in [2.05, 4.69) is 39.1 Å². The molecule has 5 nitrogen and oxygen atoms in total. The number of anilines is 1. The highest BCUT2D eigenvalue weighted by Crippen LogP contribution is 2.33. The number of benzene rings is 1. The quantitative estimate of drug-likeness (QED) is 0.547. The van der Waals surface area contributed by atoms with Crippen LogP contribution in [-0.2, 0) is 0 Å². The van der Waals surface area contributed by atoms with Crippen LogP contribution in [0.25, 0.3) is 21.7 Å². The largest absolute Gasteiger partial charge is 0.459 e.